The molecule has 272 valence electrons. The molecule has 0 radical (unpaired) electrons. The van der Waals surface area contributed by atoms with E-state index in [1.807, 2.05) is 22.7 Å². The summed E-state index contributed by atoms with van der Waals surface area (Å²) in [5, 5.41) is 6.93. The predicted octanol–water partition coefficient (Wildman–Crippen LogP) is 16.8. The van der Waals surface area contributed by atoms with Crippen LogP contribution in [0.4, 0.5) is 0 Å². The Hall–Kier alpha value is -6.98. The molecular weight excluding hydrogens is 745 g/mol. The normalized spacial score (nSPS) is 11.8. The summed E-state index contributed by atoms with van der Waals surface area (Å²) in [6.45, 7) is 0. The molecule has 0 unspecified atom stereocenters. The van der Waals surface area contributed by atoms with Crippen molar-refractivity contribution in [3.63, 3.8) is 0 Å². The van der Waals surface area contributed by atoms with Crippen LogP contribution in [0.15, 0.2) is 203 Å². The molecule has 0 saturated heterocycles. The van der Waals surface area contributed by atoms with Crippen LogP contribution >= 0.6 is 22.7 Å². The fraction of sp³-hybridized carbons (Fsp3) is 0. The molecule has 0 atom stereocenters. The molecule has 4 aromatic heterocycles. The van der Waals surface area contributed by atoms with Gasteiger partial charge in [0.15, 0.2) is 0 Å². The second-order valence-corrected chi connectivity index (χ2v) is 17.1. The molecule has 0 spiro atoms. The van der Waals surface area contributed by atoms with Crippen molar-refractivity contribution >= 4 is 75.6 Å². The molecule has 0 aliphatic carbocycles. The molecule has 0 saturated carbocycles. The minimum absolute atomic E-state index is 0.860. The SMILES string of the molecule is c1ccc(-c2cc3cc(-c4ccc(-c5cc6cc7cc8oc(-c9ccc(-c%10ccc%11sc(-c%12ccccc%12)cc%11c%10)cc9)cc8cc7cc6o5)cc4)ccc3s2)cc1. The van der Waals surface area contributed by atoms with E-state index in [9.17, 15) is 0 Å². The molecule has 0 aliphatic rings. The van der Waals surface area contributed by atoms with Crippen molar-refractivity contribution < 1.29 is 8.83 Å². The third-order valence-corrected chi connectivity index (χ3v) is 13.6. The van der Waals surface area contributed by atoms with Gasteiger partial charge in [0.1, 0.15) is 22.7 Å². The van der Waals surface area contributed by atoms with Crippen molar-refractivity contribution in [2.75, 3.05) is 0 Å². The number of benzene rings is 8. The Morgan fingerprint density at radius 3 is 1.09 bits per heavy atom. The summed E-state index contributed by atoms with van der Waals surface area (Å²) in [4.78, 5) is 2.59. The largest absolute Gasteiger partial charge is 0.456 e. The van der Waals surface area contributed by atoms with Crippen molar-refractivity contribution in [2.45, 2.75) is 0 Å². The highest BCUT2D eigenvalue weighted by atomic mass is 32.1. The highest BCUT2D eigenvalue weighted by molar-refractivity contribution is 7.22. The molecule has 4 heterocycles. The predicted molar refractivity (Wildman–Crippen MR) is 247 cm³/mol. The molecule has 12 rings (SSSR count). The fourth-order valence-electron chi connectivity index (χ4n) is 8.20. The third kappa shape index (κ3) is 5.85. The summed E-state index contributed by atoms with van der Waals surface area (Å²) >= 11 is 3.68. The van der Waals surface area contributed by atoms with Gasteiger partial charge < -0.3 is 8.83 Å². The Labute approximate surface area is 342 Å². The van der Waals surface area contributed by atoms with Crippen LogP contribution in [0.1, 0.15) is 0 Å². The number of hydrogen-bond donors (Lipinski definition) is 0. The van der Waals surface area contributed by atoms with Gasteiger partial charge in [0.25, 0.3) is 0 Å². The van der Waals surface area contributed by atoms with E-state index < -0.39 is 0 Å². The highest BCUT2D eigenvalue weighted by Crippen LogP contribution is 2.40. The Kier molecular flexibility index (Phi) is 7.62. The molecule has 0 fully saturated rings. The lowest BCUT2D eigenvalue weighted by atomic mass is 10.0. The maximum Gasteiger partial charge on any atom is 0.135 e. The molecule has 0 N–H and O–H groups in total. The van der Waals surface area contributed by atoms with Gasteiger partial charge in [-0.05, 0) is 128 Å². The summed E-state index contributed by atoms with van der Waals surface area (Å²) in [5.74, 6) is 1.72. The monoisotopic (exact) mass is 776 g/mol. The second-order valence-electron chi connectivity index (χ2n) is 15.0. The Morgan fingerprint density at radius 2 is 0.655 bits per heavy atom. The fourth-order valence-corrected chi connectivity index (χ4v) is 10.3. The summed E-state index contributed by atoms with van der Waals surface area (Å²) in [6, 6.07) is 69.7. The molecule has 0 aliphatic heterocycles. The molecule has 0 bridgehead atoms. The highest BCUT2D eigenvalue weighted by Gasteiger charge is 2.14. The van der Waals surface area contributed by atoms with Crippen LogP contribution in [0.5, 0.6) is 0 Å². The zero-order valence-electron chi connectivity index (χ0n) is 31.1. The quantitative estimate of drug-likeness (QED) is 0.168. The average molecular weight is 777 g/mol. The molecule has 12 aromatic rings. The van der Waals surface area contributed by atoms with Crippen molar-refractivity contribution in [3.8, 4) is 65.8 Å². The number of fused-ring (bicyclic) bond motifs is 5. The van der Waals surface area contributed by atoms with Gasteiger partial charge in [-0.1, -0.05) is 121 Å². The Bertz CT molecular complexity index is 3170. The van der Waals surface area contributed by atoms with Gasteiger partial charge in [0, 0.05) is 41.1 Å². The van der Waals surface area contributed by atoms with E-state index in [-0.39, 0.29) is 0 Å². The molecule has 58 heavy (non-hydrogen) atoms. The van der Waals surface area contributed by atoms with Crippen LogP contribution in [-0.4, -0.2) is 0 Å². The van der Waals surface area contributed by atoms with Crippen LogP contribution in [-0.2, 0) is 0 Å². The van der Waals surface area contributed by atoms with Gasteiger partial charge in [-0.2, -0.15) is 0 Å². The summed E-state index contributed by atoms with van der Waals surface area (Å²) in [7, 11) is 0. The summed E-state index contributed by atoms with van der Waals surface area (Å²) in [6.07, 6.45) is 0. The Balaban J connectivity index is 0.791. The topological polar surface area (TPSA) is 26.3 Å². The lowest BCUT2D eigenvalue weighted by Crippen LogP contribution is -1.79. The van der Waals surface area contributed by atoms with E-state index in [0.717, 1.165) is 55.4 Å². The maximum absolute atomic E-state index is 6.47. The van der Waals surface area contributed by atoms with Gasteiger partial charge >= 0.3 is 0 Å². The lowest BCUT2D eigenvalue weighted by molar-refractivity contribution is 0.631. The first-order valence-corrected chi connectivity index (χ1v) is 21.1. The van der Waals surface area contributed by atoms with E-state index in [2.05, 4.69) is 194 Å². The standard InChI is InChI=1S/C54H32O2S2/c1-3-7-37(8-4-1)53-31-45-23-39(19-21-51(45)57-53)33-11-15-35(16-12-33)47-29-43-25-41-28-50-44(26-42(41)27-49(43)55-47)30-48(56-50)36-17-13-34(14-18-36)40-20-22-52-46(24-40)32-54(58-52)38-9-5-2-6-10-38/h1-32H. The first-order valence-electron chi connectivity index (χ1n) is 19.4. The average Bonchev–Trinajstić information content (AvgIpc) is 4.09. The van der Waals surface area contributed by atoms with Crippen LogP contribution in [0.2, 0.25) is 0 Å². The molecule has 0 amide bonds. The molecular formula is C54H32O2S2. The third-order valence-electron chi connectivity index (χ3n) is 11.3. The number of hydrogen-bond acceptors (Lipinski definition) is 4. The smallest absolute Gasteiger partial charge is 0.135 e. The Morgan fingerprint density at radius 1 is 0.259 bits per heavy atom. The minimum Gasteiger partial charge on any atom is -0.456 e. The molecule has 8 aromatic carbocycles. The van der Waals surface area contributed by atoms with Crippen LogP contribution < -0.4 is 0 Å². The lowest BCUT2D eigenvalue weighted by Gasteiger charge is -2.03. The van der Waals surface area contributed by atoms with Gasteiger partial charge in [-0.3, -0.25) is 0 Å². The van der Waals surface area contributed by atoms with Crippen molar-refractivity contribution in [1.82, 2.24) is 0 Å². The summed E-state index contributed by atoms with van der Waals surface area (Å²) in [5.41, 5.74) is 11.2. The van der Waals surface area contributed by atoms with Crippen LogP contribution in [0.3, 0.4) is 0 Å². The first kappa shape index (κ1) is 33.2. The van der Waals surface area contributed by atoms with Gasteiger partial charge in [0.2, 0.25) is 0 Å². The maximum atomic E-state index is 6.47. The van der Waals surface area contributed by atoms with Crippen LogP contribution in [0, 0.1) is 0 Å². The van der Waals surface area contributed by atoms with E-state index in [0.29, 0.717) is 0 Å². The van der Waals surface area contributed by atoms with Crippen molar-refractivity contribution in [2.24, 2.45) is 0 Å². The van der Waals surface area contributed by atoms with E-state index in [4.69, 9.17) is 8.83 Å². The zero-order chi connectivity index (χ0) is 38.2. The number of thiophene rings is 2. The summed E-state index contributed by atoms with van der Waals surface area (Å²) < 4.78 is 15.5. The zero-order valence-corrected chi connectivity index (χ0v) is 32.7. The van der Waals surface area contributed by atoms with E-state index >= 15 is 0 Å². The molecule has 2 nitrogen and oxygen atoms in total. The second kappa shape index (κ2) is 13.3. The minimum atomic E-state index is 0.860. The van der Waals surface area contributed by atoms with Crippen molar-refractivity contribution in [1.29, 1.82) is 0 Å². The van der Waals surface area contributed by atoms with Gasteiger partial charge in [-0.15, -0.1) is 22.7 Å². The number of rotatable bonds is 6. The van der Waals surface area contributed by atoms with Crippen LogP contribution in [0.25, 0.3) is 119 Å². The van der Waals surface area contributed by atoms with E-state index in [1.165, 1.54) is 63.3 Å². The molecule has 4 heteroatoms. The van der Waals surface area contributed by atoms with E-state index in [1.54, 1.807) is 0 Å². The van der Waals surface area contributed by atoms with Gasteiger partial charge in [0.05, 0.1) is 0 Å². The van der Waals surface area contributed by atoms with Crippen molar-refractivity contribution in [3.05, 3.63) is 194 Å². The van der Waals surface area contributed by atoms with Gasteiger partial charge in [-0.25, -0.2) is 0 Å². The number of furan rings is 2. The first-order chi connectivity index (χ1) is 28.6.